The van der Waals surface area contributed by atoms with Gasteiger partial charge in [0, 0.05) is 19.3 Å². The summed E-state index contributed by atoms with van der Waals surface area (Å²) in [7, 11) is 0. The fourth-order valence-corrected chi connectivity index (χ4v) is 2.54. The summed E-state index contributed by atoms with van der Waals surface area (Å²) in [6.45, 7) is 5.34. The second-order valence-electron chi connectivity index (χ2n) is 4.79. The number of rotatable bonds is 5. The van der Waals surface area contributed by atoms with Crippen molar-refractivity contribution < 1.29 is 4.74 Å². The Hall–Kier alpha value is -0.0800. The van der Waals surface area contributed by atoms with Gasteiger partial charge in [-0.05, 0) is 50.5 Å². The lowest BCUT2D eigenvalue weighted by Gasteiger charge is -2.27. The molecule has 0 radical (unpaired) electrons. The highest BCUT2D eigenvalue weighted by molar-refractivity contribution is 4.87. The van der Waals surface area contributed by atoms with Crippen molar-refractivity contribution >= 4 is 0 Å². The van der Waals surface area contributed by atoms with Gasteiger partial charge in [0.05, 0.1) is 0 Å². The Labute approximate surface area is 87.4 Å². The monoisotopic (exact) mass is 197 g/mol. The molecular formula is C12H23NO. The van der Waals surface area contributed by atoms with Crippen molar-refractivity contribution in [2.45, 2.75) is 45.1 Å². The molecule has 0 amide bonds. The highest BCUT2D eigenvalue weighted by atomic mass is 16.5. The van der Waals surface area contributed by atoms with Crippen LogP contribution in [0.2, 0.25) is 0 Å². The summed E-state index contributed by atoms with van der Waals surface area (Å²) < 4.78 is 5.40. The normalized spacial score (nSPS) is 26.4. The zero-order valence-corrected chi connectivity index (χ0v) is 9.30. The molecule has 1 unspecified atom stereocenters. The van der Waals surface area contributed by atoms with Crippen LogP contribution in [0.4, 0.5) is 0 Å². The van der Waals surface area contributed by atoms with Crippen LogP contribution in [0.5, 0.6) is 0 Å². The van der Waals surface area contributed by atoms with E-state index in [0.717, 1.165) is 37.6 Å². The second-order valence-corrected chi connectivity index (χ2v) is 4.79. The summed E-state index contributed by atoms with van der Waals surface area (Å²) in [6, 6.07) is 0.808. The molecule has 1 aliphatic carbocycles. The van der Waals surface area contributed by atoms with Crippen molar-refractivity contribution in [3.05, 3.63) is 0 Å². The lowest BCUT2D eigenvalue weighted by atomic mass is 9.90. The zero-order chi connectivity index (χ0) is 9.80. The smallest absolute Gasteiger partial charge is 0.0468 e. The standard InChI is InChI=1S/C12H23NO/c1-2-13-12(11-3-4-11)9-10-5-7-14-8-6-10/h10-13H,2-9H2,1H3. The minimum Gasteiger partial charge on any atom is -0.381 e. The molecule has 0 aromatic carbocycles. The Balaban J connectivity index is 1.73. The molecule has 1 N–H and O–H groups in total. The third-order valence-corrected chi connectivity index (χ3v) is 3.59. The van der Waals surface area contributed by atoms with Gasteiger partial charge in [-0.15, -0.1) is 0 Å². The van der Waals surface area contributed by atoms with Crippen molar-refractivity contribution in [3.8, 4) is 0 Å². The first kappa shape index (κ1) is 10.4. The topological polar surface area (TPSA) is 21.3 Å². The van der Waals surface area contributed by atoms with Crippen molar-refractivity contribution in [2.24, 2.45) is 11.8 Å². The van der Waals surface area contributed by atoms with Crippen LogP contribution in [-0.2, 0) is 4.74 Å². The molecule has 2 fully saturated rings. The molecule has 0 bridgehead atoms. The third-order valence-electron chi connectivity index (χ3n) is 3.59. The molecule has 0 spiro atoms. The van der Waals surface area contributed by atoms with Gasteiger partial charge in [0.2, 0.25) is 0 Å². The van der Waals surface area contributed by atoms with E-state index >= 15 is 0 Å². The molecule has 2 heteroatoms. The van der Waals surface area contributed by atoms with E-state index in [0.29, 0.717) is 0 Å². The first-order valence-corrected chi connectivity index (χ1v) is 6.21. The van der Waals surface area contributed by atoms with Crippen LogP contribution in [0.25, 0.3) is 0 Å². The van der Waals surface area contributed by atoms with Gasteiger partial charge in [-0.1, -0.05) is 6.92 Å². The average Bonchev–Trinajstić information content (AvgIpc) is 3.02. The minimum atomic E-state index is 0.808. The molecule has 1 saturated heterocycles. The summed E-state index contributed by atoms with van der Waals surface area (Å²) in [5, 5.41) is 3.65. The van der Waals surface area contributed by atoms with Crippen LogP contribution in [0.3, 0.4) is 0 Å². The lowest BCUT2D eigenvalue weighted by Crippen LogP contribution is -2.34. The van der Waals surface area contributed by atoms with Crippen LogP contribution >= 0.6 is 0 Å². The molecule has 2 nitrogen and oxygen atoms in total. The zero-order valence-electron chi connectivity index (χ0n) is 9.30. The third kappa shape index (κ3) is 2.96. The number of nitrogens with one attached hydrogen (secondary N) is 1. The summed E-state index contributed by atoms with van der Waals surface area (Å²) in [4.78, 5) is 0. The van der Waals surface area contributed by atoms with Crippen LogP contribution in [0.15, 0.2) is 0 Å². The summed E-state index contributed by atoms with van der Waals surface area (Å²) in [5.41, 5.74) is 0. The Kier molecular flexibility index (Phi) is 3.82. The van der Waals surface area contributed by atoms with Crippen LogP contribution < -0.4 is 5.32 Å². The second kappa shape index (κ2) is 5.13. The quantitative estimate of drug-likeness (QED) is 0.729. The molecule has 1 atom stereocenters. The van der Waals surface area contributed by atoms with Crippen molar-refractivity contribution in [3.63, 3.8) is 0 Å². The van der Waals surface area contributed by atoms with Crippen LogP contribution in [0, 0.1) is 11.8 Å². The van der Waals surface area contributed by atoms with E-state index in [1.54, 1.807) is 0 Å². The van der Waals surface area contributed by atoms with Crippen molar-refractivity contribution in [1.29, 1.82) is 0 Å². The Morgan fingerprint density at radius 1 is 1.21 bits per heavy atom. The lowest BCUT2D eigenvalue weighted by molar-refractivity contribution is 0.0597. The van der Waals surface area contributed by atoms with Gasteiger partial charge in [-0.3, -0.25) is 0 Å². The molecule has 1 aliphatic heterocycles. The molecule has 1 heterocycles. The van der Waals surface area contributed by atoms with Gasteiger partial charge < -0.3 is 10.1 Å². The van der Waals surface area contributed by atoms with Crippen LogP contribution in [0.1, 0.15) is 39.0 Å². The van der Waals surface area contributed by atoms with Crippen molar-refractivity contribution in [1.82, 2.24) is 5.32 Å². The number of hydrogen-bond donors (Lipinski definition) is 1. The fourth-order valence-electron chi connectivity index (χ4n) is 2.54. The maximum Gasteiger partial charge on any atom is 0.0468 e. The van der Waals surface area contributed by atoms with E-state index in [4.69, 9.17) is 4.74 Å². The first-order chi connectivity index (χ1) is 6.90. The van der Waals surface area contributed by atoms with Gasteiger partial charge >= 0.3 is 0 Å². The van der Waals surface area contributed by atoms with E-state index < -0.39 is 0 Å². The molecule has 2 aliphatic rings. The highest BCUT2D eigenvalue weighted by Gasteiger charge is 2.32. The van der Waals surface area contributed by atoms with E-state index in [1.807, 2.05) is 0 Å². The Morgan fingerprint density at radius 2 is 1.93 bits per heavy atom. The average molecular weight is 197 g/mol. The summed E-state index contributed by atoms with van der Waals surface area (Å²) >= 11 is 0. The fraction of sp³-hybridized carbons (Fsp3) is 1.00. The maximum atomic E-state index is 5.40. The molecule has 14 heavy (non-hydrogen) atoms. The first-order valence-electron chi connectivity index (χ1n) is 6.21. The largest absolute Gasteiger partial charge is 0.381 e. The molecule has 0 aromatic heterocycles. The van der Waals surface area contributed by atoms with Gasteiger partial charge in [-0.2, -0.15) is 0 Å². The van der Waals surface area contributed by atoms with Crippen molar-refractivity contribution in [2.75, 3.05) is 19.8 Å². The van der Waals surface area contributed by atoms with E-state index in [-0.39, 0.29) is 0 Å². The summed E-state index contributed by atoms with van der Waals surface area (Å²) in [5.74, 6) is 1.92. The van der Waals surface area contributed by atoms with E-state index in [9.17, 15) is 0 Å². The van der Waals surface area contributed by atoms with Gasteiger partial charge in [-0.25, -0.2) is 0 Å². The molecule has 1 saturated carbocycles. The minimum absolute atomic E-state index is 0.808. The molecule has 0 aromatic rings. The molecule has 82 valence electrons. The van der Waals surface area contributed by atoms with Gasteiger partial charge in [0.25, 0.3) is 0 Å². The molecule has 2 rings (SSSR count). The number of ether oxygens (including phenoxy) is 1. The number of hydrogen-bond acceptors (Lipinski definition) is 2. The van der Waals surface area contributed by atoms with E-state index in [1.165, 1.54) is 32.1 Å². The van der Waals surface area contributed by atoms with E-state index in [2.05, 4.69) is 12.2 Å². The Morgan fingerprint density at radius 3 is 2.50 bits per heavy atom. The van der Waals surface area contributed by atoms with Gasteiger partial charge in [0.15, 0.2) is 0 Å². The van der Waals surface area contributed by atoms with Crippen LogP contribution in [-0.4, -0.2) is 25.8 Å². The molecular weight excluding hydrogens is 174 g/mol. The Bertz CT molecular complexity index is 162. The predicted octanol–water partition coefficient (Wildman–Crippen LogP) is 2.19. The predicted molar refractivity (Wildman–Crippen MR) is 58.3 cm³/mol. The SMILES string of the molecule is CCNC(CC1CCOCC1)C1CC1. The maximum absolute atomic E-state index is 5.40. The highest BCUT2D eigenvalue weighted by Crippen LogP contribution is 2.36. The summed E-state index contributed by atoms with van der Waals surface area (Å²) in [6.07, 6.45) is 6.88. The van der Waals surface area contributed by atoms with Gasteiger partial charge in [0.1, 0.15) is 0 Å².